The summed E-state index contributed by atoms with van der Waals surface area (Å²) in [6.07, 6.45) is -2.33. The standard InChI is InChI=1S/C18H11Cl2F3N4O/c19-13-5-12(6-14(20)7-13)17(18(21,22)23)8-16(26-28-17)11-1-3-15(4-2-11)27-10-24-9-25-27/h1-7,9-10H,8H2. The summed E-state index contributed by atoms with van der Waals surface area (Å²) in [7, 11) is 0. The summed E-state index contributed by atoms with van der Waals surface area (Å²) in [6, 6.07) is 10.4. The molecule has 1 unspecified atom stereocenters. The number of alkyl halides is 3. The average molecular weight is 427 g/mol. The quantitative estimate of drug-likeness (QED) is 0.581. The highest BCUT2D eigenvalue weighted by Crippen LogP contribution is 2.49. The van der Waals surface area contributed by atoms with Crippen molar-refractivity contribution in [3.05, 3.63) is 76.3 Å². The summed E-state index contributed by atoms with van der Waals surface area (Å²) in [5, 5.41) is 7.90. The first kappa shape index (κ1) is 18.8. The van der Waals surface area contributed by atoms with Crippen LogP contribution < -0.4 is 0 Å². The van der Waals surface area contributed by atoms with Gasteiger partial charge in [0.05, 0.1) is 11.4 Å². The monoisotopic (exact) mass is 426 g/mol. The van der Waals surface area contributed by atoms with Gasteiger partial charge in [0.25, 0.3) is 5.60 Å². The van der Waals surface area contributed by atoms with Gasteiger partial charge in [0.1, 0.15) is 12.7 Å². The lowest BCUT2D eigenvalue weighted by Crippen LogP contribution is -2.42. The molecule has 3 aromatic rings. The van der Waals surface area contributed by atoms with Gasteiger partial charge < -0.3 is 4.84 Å². The van der Waals surface area contributed by atoms with Gasteiger partial charge in [-0.05, 0) is 35.9 Å². The molecule has 0 bridgehead atoms. The van der Waals surface area contributed by atoms with Crippen molar-refractivity contribution in [3.8, 4) is 5.69 Å². The number of aromatic nitrogens is 3. The average Bonchev–Trinajstić information content (AvgIpc) is 3.31. The molecule has 0 spiro atoms. The van der Waals surface area contributed by atoms with Crippen LogP contribution in [0.1, 0.15) is 17.5 Å². The molecule has 1 atom stereocenters. The van der Waals surface area contributed by atoms with E-state index in [2.05, 4.69) is 15.2 Å². The van der Waals surface area contributed by atoms with Crippen LogP contribution in [-0.2, 0) is 10.4 Å². The predicted octanol–water partition coefficient (Wildman–Crippen LogP) is 5.16. The number of benzene rings is 2. The normalized spacial score (nSPS) is 19.4. The van der Waals surface area contributed by atoms with Crippen LogP contribution in [0.4, 0.5) is 13.2 Å². The molecule has 2 aromatic carbocycles. The van der Waals surface area contributed by atoms with E-state index in [9.17, 15) is 13.2 Å². The third-order valence-corrected chi connectivity index (χ3v) is 4.84. The molecule has 0 fully saturated rings. The first-order chi connectivity index (χ1) is 13.3. The number of halogens is 5. The van der Waals surface area contributed by atoms with Gasteiger partial charge in [-0.1, -0.05) is 40.5 Å². The second kappa shape index (κ2) is 6.79. The number of hydrogen-bond acceptors (Lipinski definition) is 4. The minimum Gasteiger partial charge on any atom is -0.374 e. The van der Waals surface area contributed by atoms with Crippen LogP contribution in [0.3, 0.4) is 0 Å². The summed E-state index contributed by atoms with van der Waals surface area (Å²) >= 11 is 11.8. The molecule has 28 heavy (non-hydrogen) atoms. The molecule has 1 aliphatic heterocycles. The Balaban J connectivity index is 1.67. The van der Waals surface area contributed by atoms with Crippen molar-refractivity contribution in [2.75, 3.05) is 0 Å². The van der Waals surface area contributed by atoms with Crippen molar-refractivity contribution in [3.63, 3.8) is 0 Å². The van der Waals surface area contributed by atoms with Crippen molar-refractivity contribution in [2.45, 2.75) is 18.2 Å². The molecule has 1 aliphatic rings. The zero-order valence-corrected chi connectivity index (χ0v) is 15.5. The lowest BCUT2D eigenvalue weighted by Gasteiger charge is -2.29. The molecule has 0 amide bonds. The van der Waals surface area contributed by atoms with Crippen molar-refractivity contribution < 1.29 is 18.0 Å². The third-order valence-electron chi connectivity index (χ3n) is 4.40. The van der Waals surface area contributed by atoms with Gasteiger partial charge in [0.2, 0.25) is 0 Å². The number of rotatable bonds is 3. The molecule has 0 N–H and O–H groups in total. The number of nitrogens with zero attached hydrogens (tertiary/aromatic N) is 4. The van der Waals surface area contributed by atoms with E-state index in [0.29, 0.717) is 11.3 Å². The fraction of sp³-hybridized carbons (Fsp3) is 0.167. The highest BCUT2D eigenvalue weighted by Gasteiger charge is 2.62. The van der Waals surface area contributed by atoms with Gasteiger partial charge in [0, 0.05) is 22.0 Å². The van der Waals surface area contributed by atoms with Gasteiger partial charge >= 0.3 is 6.18 Å². The van der Waals surface area contributed by atoms with E-state index in [1.54, 1.807) is 24.3 Å². The maximum atomic E-state index is 14.0. The van der Waals surface area contributed by atoms with Crippen LogP contribution in [-0.4, -0.2) is 26.7 Å². The van der Waals surface area contributed by atoms with E-state index < -0.39 is 18.2 Å². The maximum Gasteiger partial charge on any atom is 0.435 e. The molecule has 0 radical (unpaired) electrons. The Kier molecular flexibility index (Phi) is 4.55. The van der Waals surface area contributed by atoms with E-state index in [4.69, 9.17) is 28.0 Å². The Morgan fingerprint density at radius 3 is 2.29 bits per heavy atom. The Hall–Kier alpha value is -2.58. The SMILES string of the molecule is FC(F)(F)C1(c2cc(Cl)cc(Cl)c2)CC(c2ccc(-n3cncn3)cc2)=NO1. The fourth-order valence-electron chi connectivity index (χ4n) is 2.99. The lowest BCUT2D eigenvalue weighted by molar-refractivity contribution is -0.275. The topological polar surface area (TPSA) is 52.3 Å². The molecule has 5 nitrogen and oxygen atoms in total. The molecule has 10 heteroatoms. The highest BCUT2D eigenvalue weighted by molar-refractivity contribution is 6.34. The van der Waals surface area contributed by atoms with Crippen molar-refractivity contribution in [2.24, 2.45) is 5.16 Å². The Bertz CT molecular complexity index is 1020. The minimum absolute atomic E-state index is 0.0837. The van der Waals surface area contributed by atoms with E-state index >= 15 is 0 Å². The second-order valence-electron chi connectivity index (χ2n) is 6.18. The lowest BCUT2D eigenvalue weighted by atomic mass is 9.86. The first-order valence-corrected chi connectivity index (χ1v) is 8.78. The number of hydrogen-bond donors (Lipinski definition) is 0. The van der Waals surface area contributed by atoms with Crippen LogP contribution in [0, 0.1) is 0 Å². The highest BCUT2D eigenvalue weighted by atomic mass is 35.5. The van der Waals surface area contributed by atoms with E-state index in [0.717, 1.165) is 0 Å². The predicted molar refractivity (Wildman–Crippen MR) is 97.8 cm³/mol. The smallest absolute Gasteiger partial charge is 0.374 e. The largest absolute Gasteiger partial charge is 0.435 e. The first-order valence-electron chi connectivity index (χ1n) is 8.02. The van der Waals surface area contributed by atoms with Crippen molar-refractivity contribution in [1.82, 2.24) is 14.8 Å². The fourth-order valence-corrected chi connectivity index (χ4v) is 3.52. The van der Waals surface area contributed by atoms with Crippen molar-refractivity contribution >= 4 is 28.9 Å². The molecule has 0 aliphatic carbocycles. The summed E-state index contributed by atoms with van der Waals surface area (Å²) < 4.78 is 43.5. The van der Waals surface area contributed by atoms with Crippen LogP contribution in [0.15, 0.2) is 60.3 Å². The molecule has 4 rings (SSSR count). The second-order valence-corrected chi connectivity index (χ2v) is 7.05. The summed E-state index contributed by atoms with van der Waals surface area (Å²) in [5.74, 6) is 0. The molecular weight excluding hydrogens is 416 g/mol. The Morgan fingerprint density at radius 2 is 1.71 bits per heavy atom. The molecule has 2 heterocycles. The molecule has 0 saturated carbocycles. The number of oxime groups is 1. The molecule has 1 aromatic heterocycles. The molecule has 0 saturated heterocycles. The van der Waals surface area contributed by atoms with Gasteiger partial charge in [0.15, 0.2) is 0 Å². The van der Waals surface area contributed by atoms with Gasteiger partial charge in [-0.25, -0.2) is 9.67 Å². The van der Waals surface area contributed by atoms with Crippen molar-refractivity contribution in [1.29, 1.82) is 0 Å². The zero-order chi connectivity index (χ0) is 19.9. The Labute approximate surface area is 167 Å². The van der Waals surface area contributed by atoms with E-state index in [1.807, 2.05) is 0 Å². The van der Waals surface area contributed by atoms with Crippen LogP contribution in [0.5, 0.6) is 0 Å². The van der Waals surface area contributed by atoms with Crippen LogP contribution in [0.25, 0.3) is 5.69 Å². The van der Waals surface area contributed by atoms with Gasteiger partial charge in [-0.3, -0.25) is 0 Å². The summed E-state index contributed by atoms with van der Waals surface area (Å²) in [4.78, 5) is 8.84. The van der Waals surface area contributed by atoms with Gasteiger partial charge in [-0.2, -0.15) is 18.3 Å². The molecule has 144 valence electrons. The maximum absolute atomic E-state index is 14.0. The Morgan fingerprint density at radius 1 is 1.04 bits per heavy atom. The zero-order valence-electron chi connectivity index (χ0n) is 14.0. The minimum atomic E-state index is -4.73. The van der Waals surface area contributed by atoms with Gasteiger partial charge in [-0.15, -0.1) is 0 Å². The summed E-state index contributed by atoms with van der Waals surface area (Å²) in [5.41, 5.74) is -1.47. The van der Waals surface area contributed by atoms with Crippen LogP contribution in [0.2, 0.25) is 10.0 Å². The third kappa shape index (κ3) is 3.22. The summed E-state index contributed by atoms with van der Waals surface area (Å²) in [6.45, 7) is 0. The van der Waals surface area contributed by atoms with E-state index in [-0.39, 0.29) is 21.3 Å². The van der Waals surface area contributed by atoms with Crippen LogP contribution >= 0.6 is 23.2 Å². The molecular formula is C18H11Cl2F3N4O. The van der Waals surface area contributed by atoms with E-state index in [1.165, 1.54) is 35.5 Å².